The summed E-state index contributed by atoms with van der Waals surface area (Å²) >= 11 is 0. The number of nitriles is 1. The molecule has 0 aliphatic heterocycles. The average Bonchev–Trinajstić information content (AvgIpc) is 2.36. The Hall–Kier alpha value is -1.82. The fourth-order valence-electron chi connectivity index (χ4n) is 1.65. The van der Waals surface area contributed by atoms with Crippen molar-refractivity contribution in [3.63, 3.8) is 0 Å². The molecule has 3 nitrogen and oxygen atoms in total. The number of benzene rings is 1. The minimum Gasteiger partial charge on any atom is -0.355 e. The third-order valence-corrected chi connectivity index (χ3v) is 2.78. The third-order valence-electron chi connectivity index (χ3n) is 2.78. The van der Waals surface area contributed by atoms with Crippen LogP contribution in [0.3, 0.4) is 0 Å². The van der Waals surface area contributed by atoms with E-state index in [1.165, 1.54) is 0 Å². The first-order valence-electron chi connectivity index (χ1n) is 6.34. The van der Waals surface area contributed by atoms with Crippen molar-refractivity contribution >= 4 is 5.91 Å². The summed E-state index contributed by atoms with van der Waals surface area (Å²) in [6.07, 6.45) is 1.42. The molecule has 1 aromatic rings. The highest BCUT2D eigenvalue weighted by atomic mass is 16.1. The van der Waals surface area contributed by atoms with Gasteiger partial charge in [0.2, 0.25) is 5.91 Å². The number of carbonyl (C=O) groups excluding carboxylic acids is 1. The van der Waals surface area contributed by atoms with E-state index in [9.17, 15) is 4.79 Å². The van der Waals surface area contributed by atoms with E-state index in [1.807, 2.05) is 30.3 Å². The molecule has 1 atom stereocenters. The van der Waals surface area contributed by atoms with E-state index < -0.39 is 5.92 Å². The zero-order valence-corrected chi connectivity index (χ0v) is 11.0. The topological polar surface area (TPSA) is 52.9 Å². The lowest BCUT2D eigenvalue weighted by atomic mass is 10.00. The monoisotopic (exact) mass is 244 g/mol. The Kier molecular flexibility index (Phi) is 5.93. The van der Waals surface area contributed by atoms with E-state index in [2.05, 4.69) is 25.2 Å². The Morgan fingerprint density at radius 2 is 2.00 bits per heavy atom. The fraction of sp³-hybridized carbons (Fsp3) is 0.467. The number of hydrogen-bond acceptors (Lipinski definition) is 2. The molecule has 0 aliphatic rings. The first-order valence-corrected chi connectivity index (χ1v) is 6.34. The van der Waals surface area contributed by atoms with Crippen LogP contribution in [0.15, 0.2) is 30.3 Å². The largest absolute Gasteiger partial charge is 0.355 e. The predicted molar refractivity (Wildman–Crippen MR) is 71.7 cm³/mol. The minimum absolute atomic E-state index is 0.165. The van der Waals surface area contributed by atoms with Gasteiger partial charge in [-0.3, -0.25) is 4.79 Å². The molecule has 0 saturated carbocycles. The predicted octanol–water partition coefficient (Wildman–Crippen LogP) is 2.53. The molecule has 0 aliphatic carbocycles. The Morgan fingerprint density at radius 1 is 1.33 bits per heavy atom. The average molecular weight is 244 g/mol. The van der Waals surface area contributed by atoms with Gasteiger partial charge in [-0.05, 0) is 24.3 Å². The van der Waals surface area contributed by atoms with E-state index in [0.29, 0.717) is 18.9 Å². The van der Waals surface area contributed by atoms with Crippen LogP contribution in [0.4, 0.5) is 0 Å². The van der Waals surface area contributed by atoms with Gasteiger partial charge in [-0.25, -0.2) is 0 Å². The van der Waals surface area contributed by atoms with E-state index >= 15 is 0 Å². The number of rotatable bonds is 6. The Labute approximate surface area is 109 Å². The van der Waals surface area contributed by atoms with E-state index in [4.69, 9.17) is 5.26 Å². The summed E-state index contributed by atoms with van der Waals surface area (Å²) in [7, 11) is 0. The van der Waals surface area contributed by atoms with Crippen LogP contribution in [0.5, 0.6) is 0 Å². The number of amides is 1. The molecule has 96 valence electrons. The van der Waals surface area contributed by atoms with Crippen LogP contribution in [0.2, 0.25) is 0 Å². The third kappa shape index (κ3) is 5.01. The highest BCUT2D eigenvalue weighted by Crippen LogP contribution is 2.08. The van der Waals surface area contributed by atoms with Crippen LogP contribution in [0, 0.1) is 23.2 Å². The number of nitrogens with one attached hydrogen (secondary N) is 1. The molecule has 3 heteroatoms. The van der Waals surface area contributed by atoms with Crippen molar-refractivity contribution in [2.24, 2.45) is 11.8 Å². The lowest BCUT2D eigenvalue weighted by molar-refractivity contribution is -0.123. The van der Waals surface area contributed by atoms with Crippen molar-refractivity contribution in [3.8, 4) is 6.07 Å². The zero-order valence-electron chi connectivity index (χ0n) is 11.0. The maximum absolute atomic E-state index is 11.8. The normalized spacial score (nSPS) is 11.9. The summed E-state index contributed by atoms with van der Waals surface area (Å²) in [5.41, 5.74) is 1.02. The van der Waals surface area contributed by atoms with Crippen LogP contribution in [0.25, 0.3) is 0 Å². The molecule has 0 aromatic heterocycles. The Balaban J connectivity index is 2.46. The molecule has 18 heavy (non-hydrogen) atoms. The van der Waals surface area contributed by atoms with Gasteiger partial charge < -0.3 is 5.32 Å². The summed E-state index contributed by atoms with van der Waals surface area (Å²) < 4.78 is 0. The summed E-state index contributed by atoms with van der Waals surface area (Å²) in [6.45, 7) is 4.86. The maximum atomic E-state index is 11.8. The van der Waals surface area contributed by atoms with Crippen LogP contribution in [-0.2, 0) is 11.2 Å². The van der Waals surface area contributed by atoms with E-state index in [0.717, 1.165) is 12.0 Å². The molecule has 1 rings (SSSR count). The first-order chi connectivity index (χ1) is 8.63. The van der Waals surface area contributed by atoms with Crippen molar-refractivity contribution in [3.05, 3.63) is 35.9 Å². The number of nitrogens with zero attached hydrogens (tertiary/aromatic N) is 1. The van der Waals surface area contributed by atoms with Crippen LogP contribution in [0.1, 0.15) is 25.8 Å². The molecular weight excluding hydrogens is 224 g/mol. The zero-order chi connectivity index (χ0) is 13.4. The smallest absolute Gasteiger partial charge is 0.237 e. The molecule has 1 unspecified atom stereocenters. The molecule has 1 N–H and O–H groups in total. The maximum Gasteiger partial charge on any atom is 0.237 e. The van der Waals surface area contributed by atoms with Crippen molar-refractivity contribution in [2.45, 2.75) is 26.7 Å². The van der Waals surface area contributed by atoms with Crippen molar-refractivity contribution in [1.82, 2.24) is 5.32 Å². The molecule has 0 spiro atoms. The van der Waals surface area contributed by atoms with Gasteiger partial charge in [0.1, 0.15) is 5.92 Å². The molecule has 0 fully saturated rings. The second-order valence-electron chi connectivity index (χ2n) is 4.84. The highest BCUT2D eigenvalue weighted by Gasteiger charge is 2.17. The van der Waals surface area contributed by atoms with Crippen LogP contribution >= 0.6 is 0 Å². The van der Waals surface area contributed by atoms with Crippen LogP contribution < -0.4 is 5.32 Å². The Morgan fingerprint density at radius 3 is 2.56 bits per heavy atom. The Bertz CT molecular complexity index is 406. The van der Waals surface area contributed by atoms with Crippen molar-refractivity contribution in [1.29, 1.82) is 5.26 Å². The van der Waals surface area contributed by atoms with Gasteiger partial charge in [-0.2, -0.15) is 5.26 Å². The van der Waals surface area contributed by atoms with E-state index in [-0.39, 0.29) is 5.91 Å². The molecule has 0 radical (unpaired) electrons. The van der Waals surface area contributed by atoms with E-state index in [1.54, 1.807) is 0 Å². The molecule has 0 heterocycles. The summed E-state index contributed by atoms with van der Waals surface area (Å²) in [5, 5.41) is 11.9. The second kappa shape index (κ2) is 7.50. The molecule has 1 amide bonds. The number of hydrogen-bond donors (Lipinski definition) is 1. The number of carbonyl (C=O) groups is 1. The quantitative estimate of drug-likeness (QED) is 0.836. The summed E-state index contributed by atoms with van der Waals surface area (Å²) in [6, 6.07) is 11.7. The molecule has 1 aromatic carbocycles. The summed E-state index contributed by atoms with van der Waals surface area (Å²) in [5.74, 6) is -0.207. The fourth-order valence-corrected chi connectivity index (χ4v) is 1.65. The minimum atomic E-state index is -0.598. The SMILES string of the molecule is CC(C)CCNC(=O)C(C#N)Cc1ccccc1. The first kappa shape index (κ1) is 14.2. The summed E-state index contributed by atoms with van der Waals surface area (Å²) in [4.78, 5) is 11.8. The molecule has 0 bridgehead atoms. The van der Waals surface area contributed by atoms with Gasteiger partial charge in [0.25, 0.3) is 0 Å². The standard InChI is InChI=1S/C15H20N2O/c1-12(2)8-9-17-15(18)14(11-16)10-13-6-4-3-5-7-13/h3-7,12,14H,8-10H2,1-2H3,(H,17,18). The highest BCUT2D eigenvalue weighted by molar-refractivity contribution is 5.81. The lowest BCUT2D eigenvalue weighted by Gasteiger charge is -2.11. The van der Waals surface area contributed by atoms with Crippen molar-refractivity contribution in [2.75, 3.05) is 6.54 Å². The van der Waals surface area contributed by atoms with Gasteiger partial charge in [0, 0.05) is 6.54 Å². The lowest BCUT2D eigenvalue weighted by Crippen LogP contribution is -2.32. The van der Waals surface area contributed by atoms with Gasteiger partial charge in [0.15, 0.2) is 0 Å². The van der Waals surface area contributed by atoms with Crippen LogP contribution in [-0.4, -0.2) is 12.5 Å². The van der Waals surface area contributed by atoms with Crippen molar-refractivity contribution < 1.29 is 4.79 Å². The second-order valence-corrected chi connectivity index (χ2v) is 4.84. The van der Waals surface area contributed by atoms with Gasteiger partial charge in [-0.1, -0.05) is 44.2 Å². The van der Waals surface area contributed by atoms with Gasteiger partial charge >= 0.3 is 0 Å². The molecule has 0 saturated heterocycles. The molecular formula is C15H20N2O. The van der Waals surface area contributed by atoms with Gasteiger partial charge in [-0.15, -0.1) is 0 Å². The van der Waals surface area contributed by atoms with Gasteiger partial charge in [0.05, 0.1) is 6.07 Å².